The van der Waals surface area contributed by atoms with Crippen LogP contribution in [-0.4, -0.2) is 4.40 Å². The first-order chi connectivity index (χ1) is 35.2. The minimum Gasteiger partial charge on any atom is -0.454 e. The fraction of sp³-hybridized carbons (Fsp3) is 0. The summed E-state index contributed by atoms with van der Waals surface area (Å²) in [6.45, 7) is 0. The van der Waals surface area contributed by atoms with Crippen molar-refractivity contribution in [1.29, 1.82) is 0 Å². The van der Waals surface area contributed by atoms with Crippen molar-refractivity contribution in [2.24, 2.45) is 0 Å². The van der Waals surface area contributed by atoms with Crippen molar-refractivity contribution in [3.63, 3.8) is 0 Å². The molecule has 0 aliphatic heterocycles. The predicted octanol–water partition coefficient (Wildman–Crippen LogP) is 19.5. The van der Waals surface area contributed by atoms with E-state index in [9.17, 15) is 0 Å². The summed E-state index contributed by atoms with van der Waals surface area (Å²) in [6.07, 6.45) is 0. The van der Waals surface area contributed by atoms with Crippen LogP contribution in [0.4, 0.5) is 34.1 Å². The molecule has 0 radical (unpaired) electrons. The minimum atomic E-state index is 0.858. The van der Waals surface area contributed by atoms with E-state index in [2.05, 4.69) is 251 Å². The number of furan rings is 1. The van der Waals surface area contributed by atoms with E-state index >= 15 is 0 Å². The van der Waals surface area contributed by atoms with Crippen molar-refractivity contribution in [2.75, 3.05) is 9.80 Å². The van der Waals surface area contributed by atoms with E-state index in [1.165, 1.54) is 85.1 Å². The fourth-order valence-corrected chi connectivity index (χ4v) is 13.0. The summed E-state index contributed by atoms with van der Waals surface area (Å²) in [5.41, 5.74) is 11.9. The van der Waals surface area contributed by atoms with Crippen LogP contribution in [0, 0.1) is 0 Å². The van der Waals surface area contributed by atoms with Gasteiger partial charge in [0.05, 0.1) is 15.7 Å². The van der Waals surface area contributed by atoms with Crippen LogP contribution in [0.15, 0.2) is 241 Å². The largest absolute Gasteiger partial charge is 0.454 e. The first kappa shape index (κ1) is 38.8. The molecule has 5 heteroatoms. The van der Waals surface area contributed by atoms with E-state index in [4.69, 9.17) is 4.42 Å². The number of benzene rings is 12. The predicted molar refractivity (Wildman–Crippen MR) is 303 cm³/mol. The molecule has 12 aromatic carbocycles. The van der Waals surface area contributed by atoms with Crippen LogP contribution >= 0.6 is 11.3 Å². The van der Waals surface area contributed by atoms with Crippen LogP contribution in [0.3, 0.4) is 0 Å². The SMILES string of the molecule is c1ccc2cc(N(c3ccc4ccccc4c3)c3ccc4c(c3)oc3c5cc6ccccc6c6c7sc8cc(N(c9ccc%10ccccc%10c9)c9ccc%10ccccc%10c9)ccc8c7n(c43)c56)ccc2c1. The summed E-state index contributed by atoms with van der Waals surface area (Å²) in [6, 6.07) is 86.6. The van der Waals surface area contributed by atoms with E-state index in [1.54, 1.807) is 0 Å². The molecule has 0 saturated heterocycles. The van der Waals surface area contributed by atoms with Crippen LogP contribution in [-0.2, 0) is 0 Å². The van der Waals surface area contributed by atoms with Gasteiger partial charge >= 0.3 is 0 Å². The highest BCUT2D eigenvalue weighted by atomic mass is 32.1. The molecule has 0 N–H and O–H groups in total. The highest BCUT2D eigenvalue weighted by molar-refractivity contribution is 7.27. The van der Waals surface area contributed by atoms with Gasteiger partial charge in [0.15, 0.2) is 5.58 Å². The number of hydrogen-bond acceptors (Lipinski definition) is 4. The molecule has 0 amide bonds. The smallest absolute Gasteiger partial charge is 0.161 e. The van der Waals surface area contributed by atoms with Gasteiger partial charge in [0.1, 0.15) is 11.1 Å². The van der Waals surface area contributed by atoms with Gasteiger partial charge in [-0.3, -0.25) is 0 Å². The Kier molecular flexibility index (Phi) is 8.01. The summed E-state index contributed by atoms with van der Waals surface area (Å²) in [4.78, 5) is 4.78. The van der Waals surface area contributed by atoms with Crippen molar-refractivity contribution >= 4 is 158 Å². The van der Waals surface area contributed by atoms with Crippen molar-refractivity contribution in [2.45, 2.75) is 0 Å². The summed E-state index contributed by atoms with van der Waals surface area (Å²) < 4.78 is 12.3. The monoisotopic (exact) mass is 921 g/mol. The Morgan fingerprint density at radius 3 is 1.25 bits per heavy atom. The fourth-order valence-electron chi connectivity index (χ4n) is 11.7. The van der Waals surface area contributed by atoms with Gasteiger partial charge in [0, 0.05) is 66.4 Å². The Morgan fingerprint density at radius 2 is 0.732 bits per heavy atom. The van der Waals surface area contributed by atoms with Crippen molar-refractivity contribution < 1.29 is 4.42 Å². The lowest BCUT2D eigenvalue weighted by molar-refractivity contribution is 0.673. The molecule has 4 aromatic heterocycles. The molecule has 4 heterocycles. The number of nitrogens with zero attached hydrogens (tertiary/aromatic N) is 3. The molecule has 0 aliphatic carbocycles. The van der Waals surface area contributed by atoms with Gasteiger partial charge in [-0.2, -0.15) is 0 Å². The summed E-state index contributed by atoms with van der Waals surface area (Å²) in [5.74, 6) is 0. The van der Waals surface area contributed by atoms with Gasteiger partial charge in [-0.1, -0.05) is 146 Å². The molecule has 0 fully saturated rings. The molecule has 71 heavy (non-hydrogen) atoms. The average Bonchev–Trinajstić information content (AvgIpc) is 4.17. The lowest BCUT2D eigenvalue weighted by atomic mass is 10.0. The molecule has 16 aromatic rings. The van der Waals surface area contributed by atoms with Gasteiger partial charge in [-0.25, -0.2) is 0 Å². The van der Waals surface area contributed by atoms with Gasteiger partial charge in [0.2, 0.25) is 0 Å². The van der Waals surface area contributed by atoms with E-state index in [1.807, 2.05) is 11.3 Å². The third-order valence-corrected chi connectivity index (χ3v) is 16.1. The van der Waals surface area contributed by atoms with Crippen molar-refractivity contribution in [3.8, 4) is 0 Å². The van der Waals surface area contributed by atoms with E-state index in [-0.39, 0.29) is 0 Å². The standard InChI is InChI=1S/C66H39N3OS/c1-5-15-44-33-49(25-21-40(44)11-1)67(50-26-22-41-12-2-6-16-45(41)34-50)53-29-31-56-59(38-53)70-65-58-37-48-19-9-10-20-55(48)61-62(58)69(63(56)65)64-57-32-30-54(39-60(57)71-66(61)64)68(51-27-23-42-13-3-7-17-46(42)35-51)52-28-24-43-14-4-8-18-47(43)36-52/h1-39H. The average molecular weight is 922 g/mol. The Labute approximate surface area is 411 Å². The zero-order valence-corrected chi connectivity index (χ0v) is 39.0. The van der Waals surface area contributed by atoms with Gasteiger partial charge in [0.25, 0.3) is 0 Å². The Hall–Kier alpha value is -9.16. The molecular weight excluding hydrogens is 883 g/mol. The molecule has 0 spiro atoms. The van der Waals surface area contributed by atoms with Crippen LogP contribution in [0.2, 0.25) is 0 Å². The second-order valence-electron chi connectivity index (χ2n) is 18.9. The van der Waals surface area contributed by atoms with Gasteiger partial charge in [-0.15, -0.1) is 11.3 Å². The minimum absolute atomic E-state index is 0.858. The maximum absolute atomic E-state index is 7.19. The van der Waals surface area contributed by atoms with Gasteiger partial charge < -0.3 is 18.6 Å². The number of rotatable bonds is 6. The van der Waals surface area contributed by atoms with E-state index in [0.29, 0.717) is 0 Å². The third-order valence-electron chi connectivity index (χ3n) is 14.9. The molecule has 0 saturated carbocycles. The highest BCUT2D eigenvalue weighted by Gasteiger charge is 2.28. The Morgan fingerprint density at radius 1 is 0.310 bits per heavy atom. The molecule has 0 atom stereocenters. The first-order valence-electron chi connectivity index (χ1n) is 24.2. The number of aromatic nitrogens is 1. The molecular formula is C66H39N3OS. The maximum Gasteiger partial charge on any atom is 0.161 e. The first-order valence-corrected chi connectivity index (χ1v) is 25.0. The number of fused-ring (bicyclic) bond motifs is 16. The summed E-state index contributed by atoms with van der Waals surface area (Å²) in [5, 5.41) is 16.9. The van der Waals surface area contributed by atoms with Crippen LogP contribution in [0.1, 0.15) is 0 Å². The molecule has 4 nitrogen and oxygen atoms in total. The van der Waals surface area contributed by atoms with Crippen molar-refractivity contribution in [1.82, 2.24) is 4.40 Å². The molecule has 0 unspecified atom stereocenters. The van der Waals surface area contributed by atoms with Crippen LogP contribution in [0.5, 0.6) is 0 Å². The van der Waals surface area contributed by atoms with Crippen LogP contribution < -0.4 is 9.80 Å². The van der Waals surface area contributed by atoms with Crippen LogP contribution in [0.25, 0.3) is 113 Å². The number of anilines is 6. The Bertz CT molecular complexity index is 4710. The second kappa shape index (κ2) is 14.7. The normalized spacial score (nSPS) is 12.2. The highest BCUT2D eigenvalue weighted by Crippen LogP contribution is 2.52. The Balaban J connectivity index is 0.924. The lowest BCUT2D eigenvalue weighted by Gasteiger charge is -2.26. The summed E-state index contributed by atoms with van der Waals surface area (Å²) in [7, 11) is 0. The number of hydrogen-bond donors (Lipinski definition) is 0. The summed E-state index contributed by atoms with van der Waals surface area (Å²) >= 11 is 1.90. The van der Waals surface area contributed by atoms with E-state index in [0.717, 1.165) is 61.6 Å². The topological polar surface area (TPSA) is 24.0 Å². The van der Waals surface area contributed by atoms with Crippen molar-refractivity contribution in [3.05, 3.63) is 237 Å². The molecule has 0 bridgehead atoms. The molecule has 16 rings (SSSR count). The third kappa shape index (κ3) is 5.72. The maximum atomic E-state index is 7.19. The zero-order valence-electron chi connectivity index (χ0n) is 38.2. The lowest BCUT2D eigenvalue weighted by Crippen LogP contribution is -2.09. The quantitative estimate of drug-likeness (QED) is 0.166. The zero-order chi connectivity index (χ0) is 46.3. The van der Waals surface area contributed by atoms with Gasteiger partial charge in [-0.05, 0) is 139 Å². The molecule has 330 valence electrons. The number of thiophene rings is 1. The second-order valence-corrected chi connectivity index (χ2v) is 20.0. The van der Waals surface area contributed by atoms with E-state index < -0.39 is 0 Å². The molecule has 0 aliphatic rings.